The first-order valence-electron chi connectivity index (χ1n) is 3.69. The molecule has 0 spiro atoms. The summed E-state index contributed by atoms with van der Waals surface area (Å²) < 4.78 is 0. The molecule has 0 aliphatic heterocycles. The third-order valence-corrected chi connectivity index (χ3v) is 1.14. The van der Waals surface area contributed by atoms with Gasteiger partial charge in [-0.1, -0.05) is 5.92 Å². The van der Waals surface area contributed by atoms with Gasteiger partial charge in [-0.2, -0.15) is 0 Å². The van der Waals surface area contributed by atoms with Crippen LogP contribution in [0.3, 0.4) is 0 Å². The summed E-state index contributed by atoms with van der Waals surface area (Å²) in [6.07, 6.45) is 0. The van der Waals surface area contributed by atoms with Gasteiger partial charge in [-0.05, 0) is 46.2 Å². The van der Waals surface area contributed by atoms with Crippen LogP contribution in [0.5, 0.6) is 0 Å². The van der Waals surface area contributed by atoms with Crippen LogP contribution in [0, 0.1) is 11.3 Å². The van der Waals surface area contributed by atoms with Crippen LogP contribution in [0.1, 0.15) is 34.6 Å². The first-order chi connectivity index (χ1) is 4.77. The van der Waals surface area contributed by atoms with Crippen molar-refractivity contribution in [3.63, 3.8) is 0 Å². The molecule has 0 amide bonds. The Balaban J connectivity index is 4.21. The molecule has 0 fully saturated rings. The third-order valence-electron chi connectivity index (χ3n) is 1.05. The predicted molar refractivity (Wildman–Crippen MR) is 50.6 cm³/mol. The summed E-state index contributed by atoms with van der Waals surface area (Å²) in [6.45, 7) is 10.3. The molecule has 0 radical (unpaired) electrons. The second kappa shape index (κ2) is 3.47. The first kappa shape index (κ1) is 10.8. The summed E-state index contributed by atoms with van der Waals surface area (Å²) in [5.41, 5.74) is -0.135. The lowest BCUT2D eigenvalue weighted by Crippen LogP contribution is -2.49. The van der Waals surface area contributed by atoms with Crippen molar-refractivity contribution in [2.75, 3.05) is 0 Å². The van der Waals surface area contributed by atoms with E-state index in [0.29, 0.717) is 0 Å². The molecule has 0 aliphatic rings. The third kappa shape index (κ3) is 6.22. The van der Waals surface area contributed by atoms with Gasteiger partial charge in [0.1, 0.15) is 0 Å². The van der Waals surface area contributed by atoms with Crippen LogP contribution in [-0.4, -0.2) is 11.1 Å². The lowest BCUT2D eigenvalue weighted by Gasteiger charge is -2.30. The normalized spacial score (nSPS) is 12.2. The molecule has 2 heteroatoms. The van der Waals surface area contributed by atoms with Crippen LogP contribution in [0.2, 0.25) is 0 Å². The Bertz CT molecular complexity index is 178. The molecule has 0 unspecified atom stereocenters. The first-order valence-corrected chi connectivity index (χ1v) is 4.07. The van der Waals surface area contributed by atoms with Gasteiger partial charge in [-0.3, -0.25) is 5.32 Å². The molecular weight excluding hydrogens is 158 g/mol. The van der Waals surface area contributed by atoms with E-state index < -0.39 is 0 Å². The summed E-state index contributed by atoms with van der Waals surface area (Å²) in [7, 11) is 0. The highest BCUT2D eigenvalue weighted by Crippen LogP contribution is 2.08. The molecule has 0 heterocycles. The maximum Gasteiger partial charge on any atom is 0.0760 e. The molecule has 1 nitrogen and oxygen atoms in total. The summed E-state index contributed by atoms with van der Waals surface area (Å²) in [5, 5.41) is 5.73. The van der Waals surface area contributed by atoms with E-state index in [4.69, 9.17) is 11.6 Å². The number of rotatable bonds is 1. The predicted octanol–water partition coefficient (Wildman–Crippen LogP) is 2.35. The van der Waals surface area contributed by atoms with Gasteiger partial charge < -0.3 is 0 Å². The van der Waals surface area contributed by atoms with Gasteiger partial charge in [0, 0.05) is 10.9 Å². The quantitative estimate of drug-likeness (QED) is 0.601. The highest BCUT2D eigenvalue weighted by atomic mass is 35.5. The number of nitrogens with one attached hydrogen (secondary N) is 1. The van der Waals surface area contributed by atoms with E-state index in [9.17, 15) is 0 Å². The minimum atomic E-state index is -0.208. The topological polar surface area (TPSA) is 12.0 Å². The molecule has 0 atom stereocenters. The van der Waals surface area contributed by atoms with Gasteiger partial charge in [0.05, 0.1) is 5.54 Å². The van der Waals surface area contributed by atoms with Gasteiger partial charge >= 0.3 is 0 Å². The molecule has 0 saturated carbocycles. The van der Waals surface area contributed by atoms with E-state index in [-0.39, 0.29) is 11.1 Å². The van der Waals surface area contributed by atoms with Crippen molar-refractivity contribution in [1.29, 1.82) is 0 Å². The Morgan fingerprint density at radius 3 is 1.82 bits per heavy atom. The fraction of sp³-hybridized carbons (Fsp3) is 0.778. The monoisotopic (exact) mass is 173 g/mol. The van der Waals surface area contributed by atoms with E-state index in [2.05, 4.69) is 37.4 Å². The minimum Gasteiger partial charge on any atom is -0.297 e. The van der Waals surface area contributed by atoms with Crippen molar-refractivity contribution in [3.05, 3.63) is 0 Å². The van der Waals surface area contributed by atoms with Crippen molar-refractivity contribution < 1.29 is 0 Å². The Morgan fingerprint density at radius 1 is 1.09 bits per heavy atom. The maximum absolute atomic E-state index is 5.31. The average molecular weight is 174 g/mol. The zero-order chi connectivity index (χ0) is 9.12. The van der Waals surface area contributed by atoms with E-state index in [1.165, 1.54) is 0 Å². The molecule has 0 aromatic heterocycles. The van der Waals surface area contributed by atoms with Gasteiger partial charge in [0.15, 0.2) is 0 Å². The molecule has 0 aliphatic carbocycles. The molecule has 1 N–H and O–H groups in total. The fourth-order valence-electron chi connectivity index (χ4n) is 1.09. The standard InChI is InChI=1S/C9H16ClN/c1-8(2,3)11-9(4,5)6-7-10/h11H,1-5H3. The highest BCUT2D eigenvalue weighted by Gasteiger charge is 2.21. The Kier molecular flexibility index (Phi) is 3.41. The second-order valence-corrected chi connectivity index (χ2v) is 4.41. The second-order valence-electron chi connectivity index (χ2n) is 4.22. The zero-order valence-corrected chi connectivity index (χ0v) is 8.63. The minimum absolute atomic E-state index is 0.0736. The van der Waals surface area contributed by atoms with Gasteiger partial charge in [0.2, 0.25) is 0 Å². The number of halogens is 1. The smallest absolute Gasteiger partial charge is 0.0760 e. The largest absolute Gasteiger partial charge is 0.297 e. The number of hydrogen-bond acceptors (Lipinski definition) is 1. The van der Waals surface area contributed by atoms with Crippen LogP contribution in [0.4, 0.5) is 0 Å². The highest BCUT2D eigenvalue weighted by molar-refractivity contribution is 6.30. The van der Waals surface area contributed by atoms with Crippen molar-refractivity contribution in [1.82, 2.24) is 5.32 Å². The van der Waals surface area contributed by atoms with Crippen molar-refractivity contribution in [2.45, 2.75) is 45.7 Å². The van der Waals surface area contributed by atoms with Gasteiger partial charge in [-0.15, -0.1) is 0 Å². The van der Waals surface area contributed by atoms with E-state index in [1.807, 2.05) is 13.8 Å². The van der Waals surface area contributed by atoms with Crippen molar-refractivity contribution >= 4 is 11.6 Å². The fourth-order valence-corrected chi connectivity index (χ4v) is 1.32. The van der Waals surface area contributed by atoms with Crippen LogP contribution in [-0.2, 0) is 0 Å². The Labute approximate surface area is 74.5 Å². The van der Waals surface area contributed by atoms with Gasteiger partial charge in [-0.25, -0.2) is 0 Å². The lowest BCUT2D eigenvalue weighted by atomic mass is 10.00. The molecule has 0 saturated heterocycles. The zero-order valence-electron chi connectivity index (χ0n) is 7.88. The van der Waals surface area contributed by atoms with E-state index >= 15 is 0 Å². The number of hydrogen-bond donors (Lipinski definition) is 1. The van der Waals surface area contributed by atoms with Crippen LogP contribution < -0.4 is 5.32 Å². The van der Waals surface area contributed by atoms with Gasteiger partial charge in [0.25, 0.3) is 0 Å². The molecule has 0 rings (SSSR count). The molecule has 11 heavy (non-hydrogen) atoms. The SMILES string of the molecule is CC(C)(C)NC(C)(C)C#CCl. The van der Waals surface area contributed by atoms with Crippen molar-refractivity contribution in [2.24, 2.45) is 0 Å². The molecular formula is C9H16ClN. The van der Waals surface area contributed by atoms with Crippen LogP contribution >= 0.6 is 11.6 Å². The van der Waals surface area contributed by atoms with E-state index in [0.717, 1.165) is 0 Å². The maximum atomic E-state index is 5.31. The Morgan fingerprint density at radius 2 is 1.55 bits per heavy atom. The summed E-state index contributed by atoms with van der Waals surface area (Å²) in [4.78, 5) is 0. The summed E-state index contributed by atoms with van der Waals surface area (Å²) in [5.74, 6) is 2.88. The van der Waals surface area contributed by atoms with Crippen molar-refractivity contribution in [3.8, 4) is 11.3 Å². The van der Waals surface area contributed by atoms with E-state index in [1.54, 1.807) is 0 Å². The van der Waals surface area contributed by atoms with Crippen LogP contribution in [0.15, 0.2) is 0 Å². The van der Waals surface area contributed by atoms with Crippen LogP contribution in [0.25, 0.3) is 0 Å². The molecule has 64 valence electrons. The summed E-state index contributed by atoms with van der Waals surface area (Å²) in [6, 6.07) is 0. The average Bonchev–Trinajstić information content (AvgIpc) is 1.55. The molecule has 0 bridgehead atoms. The molecule has 0 aromatic carbocycles. The lowest BCUT2D eigenvalue weighted by molar-refractivity contribution is 0.338. The molecule has 0 aromatic rings. The summed E-state index contributed by atoms with van der Waals surface area (Å²) >= 11 is 5.31. The Hall–Kier alpha value is -0.190.